The molecule has 15 nitrogen and oxygen atoms in total. The van der Waals surface area contributed by atoms with Crippen LogP contribution in [0.15, 0.2) is 47.6 Å². The number of allylic oxidation sites excluding steroid dienone is 2. The van der Waals surface area contributed by atoms with Crippen LogP contribution in [0.4, 0.5) is 0 Å². The first-order valence-electron chi connectivity index (χ1n) is 23.1. The molecule has 6 rings (SSSR count). The molecule has 0 amide bonds. The predicted octanol–water partition coefficient (Wildman–Crippen LogP) is 4.62. The van der Waals surface area contributed by atoms with E-state index >= 15 is 0 Å². The number of fused-ring (bicyclic) bond motifs is 3. The van der Waals surface area contributed by atoms with Crippen LogP contribution >= 0.6 is 0 Å². The summed E-state index contributed by atoms with van der Waals surface area (Å²) in [4.78, 5) is 27.1. The van der Waals surface area contributed by atoms with E-state index in [9.17, 15) is 30.0 Å². The fourth-order valence-corrected chi connectivity index (χ4v) is 10.5. The first-order valence-corrected chi connectivity index (χ1v) is 23.1. The molecular formula is C48H74O15. The third kappa shape index (κ3) is 10.8. The second-order valence-electron chi connectivity index (χ2n) is 19.1. The van der Waals surface area contributed by atoms with Gasteiger partial charge >= 0.3 is 5.97 Å². The monoisotopic (exact) mass is 891 g/mol. The van der Waals surface area contributed by atoms with E-state index in [4.69, 9.17) is 42.6 Å². The van der Waals surface area contributed by atoms with Gasteiger partial charge in [-0.2, -0.15) is 0 Å². The van der Waals surface area contributed by atoms with Gasteiger partial charge in [-0.3, -0.25) is 9.59 Å². The number of ether oxygens (including phenoxy) is 9. The van der Waals surface area contributed by atoms with Gasteiger partial charge in [0.05, 0.1) is 54.7 Å². The lowest BCUT2D eigenvalue weighted by atomic mass is 9.65. The molecule has 1 aliphatic carbocycles. The summed E-state index contributed by atoms with van der Waals surface area (Å²) in [6, 6.07) is 0. The van der Waals surface area contributed by atoms with Gasteiger partial charge in [0.25, 0.3) is 0 Å². The lowest BCUT2D eigenvalue weighted by Gasteiger charge is -2.49. The molecule has 2 bridgehead atoms. The molecule has 0 aromatic heterocycles. The van der Waals surface area contributed by atoms with Crippen LogP contribution < -0.4 is 0 Å². The third-order valence-electron chi connectivity index (χ3n) is 14.6. The zero-order chi connectivity index (χ0) is 46.0. The molecule has 63 heavy (non-hydrogen) atoms. The van der Waals surface area contributed by atoms with E-state index in [2.05, 4.69) is 32.9 Å². The number of carbonyl (C=O) groups is 2. The number of rotatable bonds is 9. The molecule has 21 atom stereocenters. The highest BCUT2D eigenvalue weighted by molar-refractivity contribution is 5.83. The van der Waals surface area contributed by atoms with Gasteiger partial charge in [0.1, 0.15) is 36.3 Å². The normalized spacial score (nSPS) is 47.7. The molecule has 5 heterocycles. The molecule has 356 valence electrons. The topological polar surface area (TPSA) is 198 Å². The molecule has 4 fully saturated rings. The Kier molecular flexibility index (Phi) is 16.7. The van der Waals surface area contributed by atoms with Gasteiger partial charge in [-0.05, 0) is 57.1 Å². The zero-order valence-electron chi connectivity index (χ0n) is 38.7. The first-order chi connectivity index (χ1) is 29.9. The average molecular weight is 891 g/mol. The van der Waals surface area contributed by atoms with E-state index in [1.165, 1.54) is 6.08 Å². The van der Waals surface area contributed by atoms with Crippen LogP contribution in [0.1, 0.15) is 100 Å². The molecule has 0 radical (unpaired) electrons. The van der Waals surface area contributed by atoms with E-state index in [0.717, 1.165) is 12.0 Å². The summed E-state index contributed by atoms with van der Waals surface area (Å²) in [5, 5.41) is 45.3. The highest BCUT2D eigenvalue weighted by Gasteiger charge is 2.58. The van der Waals surface area contributed by atoms with Crippen LogP contribution in [0.3, 0.4) is 0 Å². The molecule has 5 aliphatic heterocycles. The summed E-state index contributed by atoms with van der Waals surface area (Å²) in [6.07, 6.45) is 4.09. The standard InChI is InChI=1S/C48H74O15/c1-11-25(2)43-28(5)17-18-47(63-43)23-34-20-33(62-47)16-15-27(4)42(26(3)13-12-14-32(24-49)48(54)35(46(53)59-34)19-29(6)40(50)45(48)52)60-39-22-37(56-10)44(31(8)58-39)61-38-21-36(55-9)41(51)30(7)57-38/h12-15,17-18,24-26,28-31,33-45,50-52,54H,11,16,19-23H2,1-10H3/b13-12?,27-15-,32-14?/t25?,26?,28?,29?,30?,31?,33?,34?,35?,36?,37?,38?,39?,40?,41?,42?,43?,44?,45?,47-,48-/m1/s1. The minimum absolute atomic E-state index is 0.0315. The van der Waals surface area contributed by atoms with Crippen molar-refractivity contribution in [2.75, 3.05) is 14.2 Å². The van der Waals surface area contributed by atoms with Gasteiger partial charge in [0, 0.05) is 57.3 Å². The van der Waals surface area contributed by atoms with Gasteiger partial charge in [0.15, 0.2) is 18.4 Å². The Balaban J connectivity index is 1.32. The summed E-state index contributed by atoms with van der Waals surface area (Å²) in [5.41, 5.74) is -1.85. The second-order valence-corrected chi connectivity index (χ2v) is 19.1. The van der Waals surface area contributed by atoms with E-state index in [1.807, 2.05) is 32.9 Å². The molecule has 15 heteroatoms. The zero-order valence-corrected chi connectivity index (χ0v) is 38.7. The Morgan fingerprint density at radius 2 is 1.56 bits per heavy atom. The molecule has 3 saturated heterocycles. The summed E-state index contributed by atoms with van der Waals surface area (Å²) in [5.74, 6) is -3.91. The van der Waals surface area contributed by atoms with Crippen molar-refractivity contribution >= 4 is 12.3 Å². The Bertz CT molecular complexity index is 1680. The number of methoxy groups -OCH3 is 2. The Morgan fingerprint density at radius 3 is 2.24 bits per heavy atom. The van der Waals surface area contributed by atoms with Crippen LogP contribution in [0.25, 0.3) is 0 Å². The second kappa shape index (κ2) is 21.1. The van der Waals surface area contributed by atoms with Crippen molar-refractivity contribution in [2.45, 2.75) is 198 Å². The van der Waals surface area contributed by atoms with Gasteiger partial charge in [0.2, 0.25) is 0 Å². The number of hydrogen-bond donors (Lipinski definition) is 4. The summed E-state index contributed by atoms with van der Waals surface area (Å²) >= 11 is 0. The molecule has 1 saturated carbocycles. The van der Waals surface area contributed by atoms with Crippen molar-refractivity contribution in [1.82, 2.24) is 0 Å². The molecular weight excluding hydrogens is 817 g/mol. The fourth-order valence-electron chi connectivity index (χ4n) is 10.5. The fraction of sp³-hybridized carbons (Fsp3) is 0.792. The van der Waals surface area contributed by atoms with Gasteiger partial charge in [-0.15, -0.1) is 0 Å². The van der Waals surface area contributed by atoms with Crippen LogP contribution in [0, 0.1) is 29.6 Å². The average Bonchev–Trinajstić information content (AvgIpc) is 3.25. The third-order valence-corrected chi connectivity index (χ3v) is 14.6. The van der Waals surface area contributed by atoms with E-state index in [0.29, 0.717) is 32.0 Å². The molecule has 0 aromatic rings. The van der Waals surface area contributed by atoms with Crippen molar-refractivity contribution in [3.05, 3.63) is 47.6 Å². The molecule has 0 aromatic carbocycles. The number of hydrogen-bond acceptors (Lipinski definition) is 15. The summed E-state index contributed by atoms with van der Waals surface area (Å²) < 4.78 is 57.2. The van der Waals surface area contributed by atoms with E-state index in [-0.39, 0.29) is 42.3 Å². The van der Waals surface area contributed by atoms with E-state index < -0.39 is 109 Å². The number of carbonyl (C=O) groups excluding carboxylic acids is 2. The van der Waals surface area contributed by atoms with Crippen LogP contribution in [0.2, 0.25) is 0 Å². The smallest absolute Gasteiger partial charge is 0.312 e. The van der Waals surface area contributed by atoms with Gasteiger partial charge < -0.3 is 63.1 Å². The Labute approximate surface area is 373 Å². The molecule has 4 N–H and O–H groups in total. The van der Waals surface area contributed by atoms with Crippen LogP contribution in [-0.2, 0) is 52.2 Å². The van der Waals surface area contributed by atoms with Crippen LogP contribution in [0.5, 0.6) is 0 Å². The number of esters is 1. The van der Waals surface area contributed by atoms with Crippen molar-refractivity contribution in [3.8, 4) is 0 Å². The van der Waals surface area contributed by atoms with E-state index in [1.54, 1.807) is 34.1 Å². The maximum absolute atomic E-state index is 14.3. The predicted molar refractivity (Wildman–Crippen MR) is 230 cm³/mol. The Morgan fingerprint density at radius 1 is 0.873 bits per heavy atom. The highest BCUT2D eigenvalue weighted by Crippen LogP contribution is 2.45. The minimum atomic E-state index is -2.45. The Hall–Kier alpha value is -2.38. The van der Waals surface area contributed by atoms with Crippen molar-refractivity contribution in [1.29, 1.82) is 0 Å². The van der Waals surface area contributed by atoms with Crippen LogP contribution in [-0.4, -0.2) is 144 Å². The first kappa shape index (κ1) is 50.0. The van der Waals surface area contributed by atoms with Gasteiger partial charge in [-0.1, -0.05) is 71.4 Å². The molecule has 1 spiro atoms. The summed E-state index contributed by atoms with van der Waals surface area (Å²) in [7, 11) is 3.16. The molecule has 19 unspecified atom stereocenters. The van der Waals surface area contributed by atoms with Crippen molar-refractivity contribution < 1.29 is 72.6 Å². The quantitative estimate of drug-likeness (QED) is 0.142. The number of aliphatic hydroxyl groups excluding tert-OH is 3. The number of aldehydes is 1. The lowest BCUT2D eigenvalue weighted by Crippen LogP contribution is -2.63. The largest absolute Gasteiger partial charge is 0.462 e. The lowest BCUT2D eigenvalue weighted by molar-refractivity contribution is -0.318. The SMILES string of the molecule is CCC(C)C1O[C@]2(C=CC1C)CC1CC(C/C=C(/C)C(OC3CC(OC)C(OC4CC(OC)C(O)C(C)O4)C(C)O3)C(C)C=CC=C(C=O)[C@@]3(O)C(CC(C)C(O)C3O)C(=O)O1)O2. The van der Waals surface area contributed by atoms with Gasteiger partial charge in [-0.25, -0.2) is 0 Å². The van der Waals surface area contributed by atoms with Crippen molar-refractivity contribution in [2.24, 2.45) is 29.6 Å². The highest BCUT2D eigenvalue weighted by atomic mass is 16.7. The minimum Gasteiger partial charge on any atom is -0.462 e. The summed E-state index contributed by atoms with van der Waals surface area (Å²) in [6.45, 7) is 15.7. The maximum atomic E-state index is 14.3. The molecule has 6 aliphatic rings. The maximum Gasteiger partial charge on any atom is 0.312 e. The number of aliphatic hydroxyl groups is 4. The van der Waals surface area contributed by atoms with Crippen molar-refractivity contribution in [3.63, 3.8) is 0 Å².